The number of carbonyl (C=O) groups is 3. The van der Waals surface area contributed by atoms with Crippen molar-refractivity contribution < 1.29 is 23.9 Å². The number of Topliss-reactive ketones (excluding diaryl/α,β-unsaturated/α-hetero) is 1. The highest BCUT2D eigenvalue weighted by Gasteiger charge is 2.27. The van der Waals surface area contributed by atoms with Gasteiger partial charge in [-0.15, -0.1) is 0 Å². The van der Waals surface area contributed by atoms with Gasteiger partial charge in [0.25, 0.3) is 0 Å². The Balaban J connectivity index is 1.30. The number of nitrogens with zero attached hydrogens (tertiary/aromatic N) is 2. The second kappa shape index (κ2) is 9.13. The third-order valence-corrected chi connectivity index (χ3v) is 5.42. The molecule has 31 heavy (non-hydrogen) atoms. The summed E-state index contributed by atoms with van der Waals surface area (Å²) in [7, 11) is 0. The van der Waals surface area contributed by atoms with Crippen molar-refractivity contribution in [3.05, 3.63) is 42.2 Å². The number of benzene rings is 1. The van der Waals surface area contributed by atoms with Crippen molar-refractivity contribution in [2.75, 3.05) is 37.1 Å². The van der Waals surface area contributed by atoms with E-state index < -0.39 is 0 Å². The largest absolute Gasteiger partial charge is 0.454 e. The van der Waals surface area contributed by atoms with Gasteiger partial charge in [0.15, 0.2) is 17.3 Å². The number of hydrogen-bond acceptors (Lipinski definition) is 7. The lowest BCUT2D eigenvalue weighted by Crippen LogP contribution is -2.41. The van der Waals surface area contributed by atoms with Crippen molar-refractivity contribution >= 4 is 29.0 Å². The van der Waals surface area contributed by atoms with E-state index in [-0.39, 0.29) is 36.9 Å². The molecule has 2 N–H and O–H groups in total. The van der Waals surface area contributed by atoms with Crippen molar-refractivity contribution in [2.24, 2.45) is 5.92 Å². The zero-order valence-electron chi connectivity index (χ0n) is 17.2. The van der Waals surface area contributed by atoms with Gasteiger partial charge < -0.3 is 20.1 Å². The highest BCUT2D eigenvalue weighted by molar-refractivity contribution is 6.05. The van der Waals surface area contributed by atoms with E-state index in [0.717, 1.165) is 0 Å². The molecule has 0 bridgehead atoms. The van der Waals surface area contributed by atoms with Crippen LogP contribution >= 0.6 is 0 Å². The highest BCUT2D eigenvalue weighted by atomic mass is 16.7. The summed E-state index contributed by atoms with van der Waals surface area (Å²) in [5, 5.41) is 5.70. The number of piperidine rings is 1. The summed E-state index contributed by atoms with van der Waals surface area (Å²) in [5.74, 6) is 0.477. The number of fused-ring (bicyclic) bond motifs is 1. The zero-order chi connectivity index (χ0) is 21.8. The van der Waals surface area contributed by atoms with Crippen LogP contribution in [-0.4, -0.2) is 53.9 Å². The maximum atomic E-state index is 12.6. The minimum absolute atomic E-state index is 0.0245. The average molecular weight is 424 g/mol. The summed E-state index contributed by atoms with van der Waals surface area (Å²) in [6.45, 7) is 2.99. The fraction of sp³-hybridized carbons (Fsp3) is 0.364. The van der Waals surface area contributed by atoms with Gasteiger partial charge in [0.2, 0.25) is 18.6 Å². The van der Waals surface area contributed by atoms with E-state index in [1.54, 1.807) is 36.7 Å². The van der Waals surface area contributed by atoms with E-state index in [1.807, 2.05) is 4.90 Å². The van der Waals surface area contributed by atoms with Gasteiger partial charge in [0, 0.05) is 23.7 Å². The normalized spacial score (nSPS) is 16.0. The SMILES string of the molecule is CC(=O)c1cc2c(cc1NC(=O)CN1CCC(C(=O)Nc3cccnc3)CC1)OCO2. The maximum absolute atomic E-state index is 12.6. The molecule has 1 aromatic carbocycles. The van der Waals surface area contributed by atoms with E-state index >= 15 is 0 Å². The minimum Gasteiger partial charge on any atom is -0.454 e. The molecule has 9 nitrogen and oxygen atoms in total. The first-order chi connectivity index (χ1) is 15.0. The van der Waals surface area contributed by atoms with E-state index in [0.29, 0.717) is 54.4 Å². The number of nitrogens with one attached hydrogen (secondary N) is 2. The smallest absolute Gasteiger partial charge is 0.238 e. The van der Waals surface area contributed by atoms with Crippen LogP contribution in [-0.2, 0) is 9.59 Å². The molecule has 2 amide bonds. The van der Waals surface area contributed by atoms with Crippen LogP contribution < -0.4 is 20.1 Å². The minimum atomic E-state index is -0.223. The second-order valence-electron chi connectivity index (χ2n) is 7.64. The fourth-order valence-electron chi connectivity index (χ4n) is 3.76. The topological polar surface area (TPSA) is 110 Å². The number of amides is 2. The molecule has 0 spiro atoms. The molecule has 2 aliphatic rings. The molecule has 0 unspecified atom stereocenters. The number of ketones is 1. The van der Waals surface area contributed by atoms with E-state index in [1.165, 1.54) is 6.92 Å². The van der Waals surface area contributed by atoms with Crippen molar-refractivity contribution in [3.63, 3.8) is 0 Å². The first kappa shape index (κ1) is 20.8. The Bertz CT molecular complexity index is 987. The average Bonchev–Trinajstić information content (AvgIpc) is 3.21. The molecular weight excluding hydrogens is 400 g/mol. The molecule has 2 aromatic rings. The molecular formula is C22H24N4O5. The summed E-state index contributed by atoms with van der Waals surface area (Å²) in [4.78, 5) is 43.0. The third kappa shape index (κ3) is 5.00. The lowest BCUT2D eigenvalue weighted by Gasteiger charge is -2.30. The van der Waals surface area contributed by atoms with Crippen molar-refractivity contribution in [1.29, 1.82) is 0 Å². The molecule has 4 rings (SSSR count). The van der Waals surface area contributed by atoms with E-state index in [4.69, 9.17) is 9.47 Å². The molecule has 1 saturated heterocycles. The zero-order valence-corrected chi connectivity index (χ0v) is 17.2. The quantitative estimate of drug-likeness (QED) is 0.685. The molecule has 0 radical (unpaired) electrons. The van der Waals surface area contributed by atoms with Crippen LogP contribution in [0.1, 0.15) is 30.1 Å². The molecule has 2 aliphatic heterocycles. The van der Waals surface area contributed by atoms with E-state index in [2.05, 4.69) is 15.6 Å². The van der Waals surface area contributed by atoms with Crippen LogP contribution in [0.4, 0.5) is 11.4 Å². The molecule has 0 aliphatic carbocycles. The van der Waals surface area contributed by atoms with Crippen LogP contribution in [0.15, 0.2) is 36.7 Å². The number of likely N-dealkylation sites (tertiary alicyclic amines) is 1. The Morgan fingerprint density at radius 3 is 2.55 bits per heavy atom. The monoisotopic (exact) mass is 424 g/mol. The molecule has 1 aromatic heterocycles. The number of aromatic nitrogens is 1. The van der Waals surface area contributed by atoms with Gasteiger partial charge >= 0.3 is 0 Å². The molecule has 9 heteroatoms. The van der Waals surface area contributed by atoms with Crippen LogP contribution in [0.5, 0.6) is 11.5 Å². The van der Waals surface area contributed by atoms with Crippen LogP contribution in [0, 0.1) is 5.92 Å². The van der Waals surface area contributed by atoms with E-state index in [9.17, 15) is 14.4 Å². The van der Waals surface area contributed by atoms with Crippen molar-refractivity contribution in [2.45, 2.75) is 19.8 Å². The number of ether oxygens (including phenoxy) is 2. The van der Waals surface area contributed by atoms with Crippen LogP contribution in [0.3, 0.4) is 0 Å². The predicted molar refractivity (Wildman–Crippen MR) is 113 cm³/mol. The first-order valence-corrected chi connectivity index (χ1v) is 10.2. The lowest BCUT2D eigenvalue weighted by atomic mass is 9.96. The number of pyridine rings is 1. The maximum Gasteiger partial charge on any atom is 0.238 e. The van der Waals surface area contributed by atoms with Gasteiger partial charge in [0.05, 0.1) is 24.1 Å². The Morgan fingerprint density at radius 1 is 1.13 bits per heavy atom. The van der Waals surface area contributed by atoms with Gasteiger partial charge in [-0.25, -0.2) is 0 Å². The van der Waals surface area contributed by atoms with Crippen molar-refractivity contribution in [1.82, 2.24) is 9.88 Å². The summed E-state index contributed by atoms with van der Waals surface area (Å²) in [6, 6.07) is 6.78. The number of anilines is 2. The molecule has 0 saturated carbocycles. The Kier molecular flexibility index (Phi) is 6.13. The van der Waals surface area contributed by atoms with Gasteiger partial charge in [-0.3, -0.25) is 24.3 Å². The van der Waals surface area contributed by atoms with Gasteiger partial charge in [0.1, 0.15) is 0 Å². The Labute approximate surface area is 179 Å². The predicted octanol–water partition coefficient (Wildman–Crippen LogP) is 2.30. The standard InChI is InChI=1S/C22H24N4O5/c1-14(27)17-9-19-20(31-13-30-19)10-18(17)25-21(28)12-26-7-4-15(5-8-26)22(29)24-16-3-2-6-23-11-16/h2-3,6,9-11,15H,4-5,7-8,12-13H2,1H3,(H,24,29)(H,25,28). The fourth-order valence-corrected chi connectivity index (χ4v) is 3.76. The molecule has 162 valence electrons. The molecule has 0 atom stereocenters. The highest BCUT2D eigenvalue weighted by Crippen LogP contribution is 2.37. The van der Waals surface area contributed by atoms with Gasteiger partial charge in [-0.2, -0.15) is 0 Å². The summed E-state index contributed by atoms with van der Waals surface area (Å²) >= 11 is 0. The van der Waals surface area contributed by atoms with Gasteiger partial charge in [-0.1, -0.05) is 0 Å². The first-order valence-electron chi connectivity index (χ1n) is 10.2. The number of hydrogen-bond donors (Lipinski definition) is 2. The number of carbonyl (C=O) groups excluding carboxylic acids is 3. The Morgan fingerprint density at radius 2 is 1.87 bits per heavy atom. The lowest BCUT2D eigenvalue weighted by molar-refractivity contribution is -0.121. The summed E-state index contributed by atoms with van der Waals surface area (Å²) < 4.78 is 10.7. The summed E-state index contributed by atoms with van der Waals surface area (Å²) in [5.41, 5.74) is 1.47. The van der Waals surface area contributed by atoms with Crippen LogP contribution in [0.25, 0.3) is 0 Å². The second-order valence-corrected chi connectivity index (χ2v) is 7.64. The molecule has 1 fully saturated rings. The third-order valence-electron chi connectivity index (χ3n) is 5.42. The van der Waals surface area contributed by atoms with Crippen molar-refractivity contribution in [3.8, 4) is 11.5 Å². The van der Waals surface area contributed by atoms with Gasteiger partial charge in [-0.05, 0) is 51.1 Å². The number of rotatable bonds is 6. The Hall–Kier alpha value is -3.46. The molecule has 3 heterocycles. The summed E-state index contributed by atoms with van der Waals surface area (Å²) in [6.07, 6.45) is 4.61. The van der Waals surface area contributed by atoms with Crippen LogP contribution in [0.2, 0.25) is 0 Å².